The Morgan fingerprint density at radius 2 is 1.59 bits per heavy atom. The third kappa shape index (κ3) is 5.88. The summed E-state index contributed by atoms with van der Waals surface area (Å²) in [5, 5.41) is 6.61. The van der Waals surface area contributed by atoms with E-state index in [9.17, 15) is 9.59 Å². The average Bonchev–Trinajstić information content (AvgIpc) is 2.58. The van der Waals surface area contributed by atoms with Gasteiger partial charge in [0, 0.05) is 30.9 Å². The normalized spacial score (nSPS) is 11.0. The molecule has 5 nitrogen and oxygen atoms in total. The number of carbonyl (C=O) groups is 2. The van der Waals surface area contributed by atoms with Gasteiger partial charge in [0.15, 0.2) is 0 Å². The first kappa shape index (κ1) is 21.1. The van der Waals surface area contributed by atoms with Crippen molar-refractivity contribution in [1.29, 1.82) is 0 Å². The van der Waals surface area contributed by atoms with E-state index in [-0.39, 0.29) is 11.9 Å². The van der Waals surface area contributed by atoms with E-state index in [0.717, 1.165) is 5.56 Å². The van der Waals surface area contributed by atoms with Gasteiger partial charge in [-0.3, -0.25) is 4.79 Å². The molecule has 0 spiro atoms. The molecule has 0 aliphatic heterocycles. The molecule has 0 saturated carbocycles. The first-order chi connectivity index (χ1) is 12.6. The highest BCUT2D eigenvalue weighted by Crippen LogP contribution is 2.29. The maximum atomic E-state index is 12.8. The Labute approximate surface area is 169 Å². The van der Waals surface area contributed by atoms with Gasteiger partial charge in [0.25, 0.3) is 0 Å². The van der Waals surface area contributed by atoms with Crippen LogP contribution in [0.3, 0.4) is 0 Å². The fourth-order valence-corrected chi connectivity index (χ4v) is 2.77. The van der Waals surface area contributed by atoms with Gasteiger partial charge in [0.05, 0.1) is 10.0 Å². The summed E-state index contributed by atoms with van der Waals surface area (Å²) in [5.74, 6) is -0.135. The molecule has 0 heterocycles. The Morgan fingerprint density at radius 3 is 2.19 bits per heavy atom. The number of nitrogens with one attached hydrogen (secondary N) is 2. The van der Waals surface area contributed by atoms with E-state index in [2.05, 4.69) is 10.6 Å². The van der Waals surface area contributed by atoms with E-state index < -0.39 is 5.41 Å². The minimum absolute atomic E-state index is 0.135. The van der Waals surface area contributed by atoms with Crippen LogP contribution in [0.15, 0.2) is 42.5 Å². The van der Waals surface area contributed by atoms with Crippen molar-refractivity contribution in [3.8, 4) is 0 Å². The van der Waals surface area contributed by atoms with E-state index in [1.54, 1.807) is 50.5 Å². The summed E-state index contributed by atoms with van der Waals surface area (Å²) in [6.07, 6.45) is 0.507. The lowest BCUT2D eigenvalue weighted by Crippen LogP contribution is -2.32. The summed E-state index contributed by atoms with van der Waals surface area (Å²) < 4.78 is 0. The van der Waals surface area contributed by atoms with Gasteiger partial charge < -0.3 is 15.5 Å². The number of nitrogens with zero attached hydrogens (tertiary/aromatic N) is 1. The zero-order valence-corrected chi connectivity index (χ0v) is 17.3. The molecule has 0 aliphatic carbocycles. The van der Waals surface area contributed by atoms with E-state index in [0.29, 0.717) is 27.8 Å². The van der Waals surface area contributed by atoms with Crippen LogP contribution in [-0.2, 0) is 11.2 Å². The molecule has 27 heavy (non-hydrogen) atoms. The van der Waals surface area contributed by atoms with Crippen molar-refractivity contribution in [2.45, 2.75) is 20.3 Å². The molecule has 0 radical (unpaired) electrons. The Morgan fingerprint density at radius 1 is 0.963 bits per heavy atom. The third-order valence-corrected chi connectivity index (χ3v) is 4.76. The summed E-state index contributed by atoms with van der Waals surface area (Å²) in [4.78, 5) is 26.0. The van der Waals surface area contributed by atoms with Crippen molar-refractivity contribution >= 4 is 46.5 Å². The van der Waals surface area contributed by atoms with Crippen LogP contribution in [0, 0.1) is 5.41 Å². The van der Waals surface area contributed by atoms with Crippen LogP contribution < -0.4 is 10.6 Å². The number of urea groups is 1. The first-order valence-electron chi connectivity index (χ1n) is 8.42. The highest BCUT2D eigenvalue weighted by molar-refractivity contribution is 6.42. The standard InChI is InChI=1S/C20H23Cl2N3O2/c1-20(2,12-13-8-9-16(21)17(22)10-13)18(26)23-14-6-5-7-15(11-14)24-19(27)25(3)4/h5-11H,12H2,1-4H3,(H,23,26)(H,24,27). The van der Waals surface area contributed by atoms with Crippen LogP contribution in [0.2, 0.25) is 10.0 Å². The Hall–Kier alpha value is -2.24. The molecule has 0 saturated heterocycles. The van der Waals surface area contributed by atoms with Gasteiger partial charge in [-0.25, -0.2) is 4.79 Å². The molecule has 0 unspecified atom stereocenters. The number of benzene rings is 2. The SMILES string of the molecule is CN(C)C(=O)Nc1cccc(NC(=O)C(C)(C)Cc2ccc(Cl)c(Cl)c2)c1. The average molecular weight is 408 g/mol. The van der Waals surface area contributed by atoms with Gasteiger partial charge in [0.2, 0.25) is 5.91 Å². The third-order valence-electron chi connectivity index (χ3n) is 4.02. The van der Waals surface area contributed by atoms with Crippen LogP contribution in [0.25, 0.3) is 0 Å². The maximum absolute atomic E-state index is 12.8. The van der Waals surface area contributed by atoms with Gasteiger partial charge >= 0.3 is 6.03 Å². The fourth-order valence-electron chi connectivity index (χ4n) is 2.45. The van der Waals surface area contributed by atoms with Crippen LogP contribution in [-0.4, -0.2) is 30.9 Å². The number of anilines is 2. The van der Waals surface area contributed by atoms with Crippen molar-refractivity contribution in [3.05, 3.63) is 58.1 Å². The monoisotopic (exact) mass is 407 g/mol. The Kier molecular flexibility index (Phi) is 6.73. The van der Waals surface area contributed by atoms with Crippen LogP contribution in [0.5, 0.6) is 0 Å². The molecule has 7 heteroatoms. The summed E-state index contributed by atoms with van der Waals surface area (Å²) in [7, 11) is 3.32. The Balaban J connectivity index is 2.08. The number of amides is 3. The highest BCUT2D eigenvalue weighted by Gasteiger charge is 2.28. The molecule has 2 rings (SSSR count). The summed E-state index contributed by atoms with van der Waals surface area (Å²) in [5.41, 5.74) is 1.48. The largest absolute Gasteiger partial charge is 0.331 e. The number of halogens is 2. The number of hydrogen-bond acceptors (Lipinski definition) is 2. The number of hydrogen-bond donors (Lipinski definition) is 2. The van der Waals surface area contributed by atoms with Crippen LogP contribution in [0.4, 0.5) is 16.2 Å². The summed E-state index contributed by atoms with van der Waals surface area (Å²) >= 11 is 12.0. The molecule has 2 aromatic rings. The van der Waals surface area contributed by atoms with Gasteiger partial charge in [0.1, 0.15) is 0 Å². The first-order valence-corrected chi connectivity index (χ1v) is 9.18. The quantitative estimate of drug-likeness (QED) is 0.706. The van der Waals surface area contributed by atoms with Crippen LogP contribution >= 0.6 is 23.2 Å². The topological polar surface area (TPSA) is 61.4 Å². The molecule has 0 atom stereocenters. The molecule has 0 aromatic heterocycles. The van der Waals surface area contributed by atoms with E-state index in [1.807, 2.05) is 19.9 Å². The van der Waals surface area contributed by atoms with Crippen molar-refractivity contribution < 1.29 is 9.59 Å². The predicted octanol–water partition coefficient (Wildman–Crippen LogP) is 5.29. The zero-order valence-electron chi connectivity index (χ0n) is 15.8. The molecule has 0 bridgehead atoms. The second-order valence-corrected chi connectivity index (χ2v) is 7.98. The predicted molar refractivity (Wildman–Crippen MR) is 112 cm³/mol. The maximum Gasteiger partial charge on any atom is 0.321 e. The van der Waals surface area contributed by atoms with Crippen molar-refractivity contribution in [2.75, 3.05) is 24.7 Å². The lowest BCUT2D eigenvalue weighted by atomic mass is 9.84. The van der Waals surface area contributed by atoms with Crippen molar-refractivity contribution in [3.63, 3.8) is 0 Å². The van der Waals surface area contributed by atoms with Gasteiger partial charge in [-0.1, -0.05) is 49.2 Å². The molecule has 0 fully saturated rings. The molecule has 144 valence electrons. The van der Waals surface area contributed by atoms with E-state index >= 15 is 0 Å². The zero-order chi connectivity index (χ0) is 20.2. The van der Waals surface area contributed by atoms with Crippen LogP contribution in [0.1, 0.15) is 19.4 Å². The van der Waals surface area contributed by atoms with Crippen molar-refractivity contribution in [2.24, 2.45) is 5.41 Å². The van der Waals surface area contributed by atoms with Gasteiger partial charge in [-0.15, -0.1) is 0 Å². The lowest BCUT2D eigenvalue weighted by molar-refractivity contribution is -0.123. The van der Waals surface area contributed by atoms with E-state index in [1.165, 1.54) is 4.90 Å². The van der Waals surface area contributed by atoms with Gasteiger partial charge in [-0.2, -0.15) is 0 Å². The van der Waals surface area contributed by atoms with Crippen molar-refractivity contribution in [1.82, 2.24) is 4.90 Å². The number of rotatable bonds is 5. The molecule has 2 N–H and O–H groups in total. The molecular formula is C20H23Cl2N3O2. The molecule has 2 aromatic carbocycles. The summed E-state index contributed by atoms with van der Waals surface area (Å²) in [6, 6.07) is 12.2. The van der Waals surface area contributed by atoms with E-state index in [4.69, 9.17) is 23.2 Å². The highest BCUT2D eigenvalue weighted by atomic mass is 35.5. The summed E-state index contributed by atoms with van der Waals surface area (Å²) in [6.45, 7) is 3.73. The fraction of sp³-hybridized carbons (Fsp3) is 0.300. The Bertz CT molecular complexity index is 851. The van der Waals surface area contributed by atoms with Gasteiger partial charge in [-0.05, 0) is 42.3 Å². The minimum Gasteiger partial charge on any atom is -0.331 e. The molecule has 0 aliphatic rings. The minimum atomic E-state index is -0.667. The second-order valence-electron chi connectivity index (χ2n) is 7.17. The lowest BCUT2D eigenvalue weighted by Gasteiger charge is -2.24. The molecular weight excluding hydrogens is 385 g/mol. The smallest absolute Gasteiger partial charge is 0.321 e. The molecule has 3 amide bonds. The second kappa shape index (κ2) is 8.63. The number of carbonyl (C=O) groups excluding carboxylic acids is 2.